The summed E-state index contributed by atoms with van der Waals surface area (Å²) in [6, 6.07) is 20.8. The summed E-state index contributed by atoms with van der Waals surface area (Å²) in [5.41, 5.74) is 7.15. The van der Waals surface area contributed by atoms with Crippen molar-refractivity contribution >= 4 is 21.8 Å². The second kappa shape index (κ2) is 8.29. The Balaban J connectivity index is 1.48. The molecule has 0 spiro atoms. The first-order valence-corrected chi connectivity index (χ1v) is 11.1. The first kappa shape index (κ1) is 20.9. The Morgan fingerprint density at radius 2 is 1.60 bits per heavy atom. The van der Waals surface area contributed by atoms with E-state index in [0.29, 0.717) is 11.5 Å². The molecule has 172 valence electrons. The number of H-pyrrole nitrogens is 2. The predicted octanol–water partition coefficient (Wildman–Crippen LogP) is 6.60. The molecular weight excluding hydrogens is 443 g/mol. The molecule has 0 saturated heterocycles. The van der Waals surface area contributed by atoms with Crippen molar-refractivity contribution in [3.63, 3.8) is 0 Å². The third-order valence-corrected chi connectivity index (χ3v) is 6.18. The van der Waals surface area contributed by atoms with Crippen molar-refractivity contribution in [1.29, 1.82) is 0 Å². The van der Waals surface area contributed by atoms with Crippen LogP contribution in [0.2, 0.25) is 0 Å². The monoisotopic (exact) mass is 464 g/mol. The molecule has 0 radical (unpaired) electrons. The average Bonchev–Trinajstić information content (AvgIpc) is 3.51. The molecule has 0 saturated carbocycles. The zero-order chi connectivity index (χ0) is 23.9. The highest BCUT2D eigenvalue weighted by atomic mass is 19.1. The molecule has 0 amide bonds. The number of fused-ring (bicyclic) bond motifs is 2. The van der Waals surface area contributed by atoms with Crippen LogP contribution in [0.1, 0.15) is 0 Å². The molecule has 3 heterocycles. The molecule has 7 heteroatoms. The van der Waals surface area contributed by atoms with Gasteiger partial charge in [-0.2, -0.15) is 5.10 Å². The third kappa shape index (κ3) is 3.67. The Bertz CT molecular complexity index is 1700. The minimum atomic E-state index is -0.343. The van der Waals surface area contributed by atoms with Gasteiger partial charge in [0.15, 0.2) is 0 Å². The summed E-state index contributed by atoms with van der Waals surface area (Å²) >= 11 is 0. The number of aromatic amines is 2. The van der Waals surface area contributed by atoms with Gasteiger partial charge in [0.05, 0.1) is 31.6 Å². The number of hydrogen-bond donors (Lipinski definition) is 2. The van der Waals surface area contributed by atoms with Crippen molar-refractivity contribution in [1.82, 2.24) is 20.2 Å². The summed E-state index contributed by atoms with van der Waals surface area (Å²) in [4.78, 5) is 7.76. The van der Waals surface area contributed by atoms with E-state index in [9.17, 15) is 4.39 Å². The van der Waals surface area contributed by atoms with Crippen LogP contribution in [0.5, 0.6) is 11.5 Å². The lowest BCUT2D eigenvalue weighted by Gasteiger charge is -2.07. The molecule has 0 aliphatic rings. The van der Waals surface area contributed by atoms with Gasteiger partial charge in [0.2, 0.25) is 0 Å². The highest BCUT2D eigenvalue weighted by Crippen LogP contribution is 2.36. The van der Waals surface area contributed by atoms with E-state index in [1.807, 2.05) is 48.7 Å². The van der Waals surface area contributed by atoms with Gasteiger partial charge in [0.1, 0.15) is 23.0 Å². The zero-order valence-electron chi connectivity index (χ0n) is 19.1. The number of rotatable bonds is 5. The fraction of sp³-hybridized carbons (Fsp3) is 0.0714. The van der Waals surface area contributed by atoms with E-state index in [1.165, 1.54) is 19.2 Å². The van der Waals surface area contributed by atoms with E-state index in [4.69, 9.17) is 9.47 Å². The van der Waals surface area contributed by atoms with Crippen LogP contribution in [0.4, 0.5) is 4.39 Å². The number of methoxy groups -OCH3 is 2. The highest BCUT2D eigenvalue weighted by molar-refractivity contribution is 6.02. The number of halogens is 1. The Morgan fingerprint density at radius 1 is 0.743 bits per heavy atom. The molecule has 0 bridgehead atoms. The van der Waals surface area contributed by atoms with Gasteiger partial charge in [0.25, 0.3) is 0 Å². The standard InChI is InChI=1S/C28H21FN4O2/c1-34-20-9-17(8-19(29)12-20)22-4-3-5-25-23(22)13-27(31-25)28-24-11-16(6-7-26(24)32-33-28)18-10-21(35-2)15-30-14-18/h3-15,31H,1-2H3,(H,32,33). The van der Waals surface area contributed by atoms with Crippen molar-refractivity contribution in [2.75, 3.05) is 14.2 Å². The van der Waals surface area contributed by atoms with Crippen LogP contribution in [-0.2, 0) is 0 Å². The second-order valence-corrected chi connectivity index (χ2v) is 8.28. The quantitative estimate of drug-likeness (QED) is 0.302. The van der Waals surface area contributed by atoms with Crippen LogP contribution < -0.4 is 9.47 Å². The fourth-order valence-electron chi connectivity index (χ4n) is 4.46. The average molecular weight is 465 g/mol. The number of hydrogen-bond acceptors (Lipinski definition) is 4. The predicted molar refractivity (Wildman–Crippen MR) is 135 cm³/mol. The Hall–Kier alpha value is -4.65. The Kier molecular flexibility index (Phi) is 4.95. The molecule has 0 atom stereocenters. The number of pyridine rings is 1. The summed E-state index contributed by atoms with van der Waals surface area (Å²) in [6.45, 7) is 0. The molecule has 6 aromatic rings. The van der Waals surface area contributed by atoms with Crippen LogP contribution in [0.25, 0.3) is 55.4 Å². The number of nitrogens with zero attached hydrogens (tertiary/aromatic N) is 2. The molecule has 0 unspecified atom stereocenters. The number of nitrogens with one attached hydrogen (secondary N) is 2. The smallest absolute Gasteiger partial charge is 0.137 e. The van der Waals surface area contributed by atoms with Crippen molar-refractivity contribution in [2.24, 2.45) is 0 Å². The van der Waals surface area contributed by atoms with E-state index in [-0.39, 0.29) is 5.82 Å². The maximum absolute atomic E-state index is 14.2. The van der Waals surface area contributed by atoms with Crippen LogP contribution in [-0.4, -0.2) is 34.4 Å². The molecule has 3 aromatic heterocycles. The Labute approximate surface area is 200 Å². The minimum Gasteiger partial charge on any atom is -0.497 e. The lowest BCUT2D eigenvalue weighted by Crippen LogP contribution is -1.87. The van der Waals surface area contributed by atoms with Gasteiger partial charge in [-0.15, -0.1) is 0 Å². The summed E-state index contributed by atoms with van der Waals surface area (Å²) < 4.78 is 24.8. The number of ether oxygens (including phenoxy) is 2. The van der Waals surface area contributed by atoms with Gasteiger partial charge in [-0.05, 0) is 59.2 Å². The van der Waals surface area contributed by atoms with Gasteiger partial charge >= 0.3 is 0 Å². The highest BCUT2D eigenvalue weighted by Gasteiger charge is 2.15. The number of aromatic nitrogens is 4. The van der Waals surface area contributed by atoms with Crippen LogP contribution in [0.3, 0.4) is 0 Å². The second-order valence-electron chi connectivity index (χ2n) is 8.28. The molecule has 3 aromatic carbocycles. The van der Waals surface area contributed by atoms with Crippen LogP contribution >= 0.6 is 0 Å². The topological polar surface area (TPSA) is 75.8 Å². The summed E-state index contributed by atoms with van der Waals surface area (Å²) in [6.07, 6.45) is 3.49. The first-order chi connectivity index (χ1) is 17.1. The van der Waals surface area contributed by atoms with E-state index < -0.39 is 0 Å². The van der Waals surface area contributed by atoms with E-state index in [2.05, 4.69) is 32.3 Å². The molecule has 6 rings (SSSR count). The van der Waals surface area contributed by atoms with Gasteiger partial charge in [-0.1, -0.05) is 18.2 Å². The number of benzene rings is 3. The minimum absolute atomic E-state index is 0.343. The van der Waals surface area contributed by atoms with E-state index in [1.54, 1.807) is 13.3 Å². The lowest BCUT2D eigenvalue weighted by atomic mass is 10.0. The van der Waals surface area contributed by atoms with E-state index in [0.717, 1.165) is 55.4 Å². The van der Waals surface area contributed by atoms with Crippen LogP contribution in [0.15, 0.2) is 79.1 Å². The zero-order valence-corrected chi connectivity index (χ0v) is 19.1. The maximum atomic E-state index is 14.2. The lowest BCUT2D eigenvalue weighted by molar-refractivity contribution is 0.411. The summed E-state index contributed by atoms with van der Waals surface area (Å²) in [5, 5.41) is 9.67. The molecule has 2 N–H and O–H groups in total. The summed E-state index contributed by atoms with van der Waals surface area (Å²) in [7, 11) is 3.16. The Morgan fingerprint density at radius 3 is 2.46 bits per heavy atom. The largest absolute Gasteiger partial charge is 0.497 e. The van der Waals surface area contributed by atoms with Crippen molar-refractivity contribution in [3.8, 4) is 45.1 Å². The fourth-order valence-corrected chi connectivity index (χ4v) is 4.46. The molecule has 35 heavy (non-hydrogen) atoms. The maximum Gasteiger partial charge on any atom is 0.137 e. The summed E-state index contributed by atoms with van der Waals surface area (Å²) in [5.74, 6) is 0.836. The third-order valence-electron chi connectivity index (χ3n) is 6.18. The molecule has 0 fully saturated rings. The van der Waals surface area contributed by atoms with Gasteiger partial charge in [-0.3, -0.25) is 10.1 Å². The molecule has 0 aliphatic carbocycles. The van der Waals surface area contributed by atoms with Crippen LogP contribution in [0, 0.1) is 5.82 Å². The van der Waals surface area contributed by atoms with Gasteiger partial charge in [0, 0.05) is 34.1 Å². The van der Waals surface area contributed by atoms with Crippen molar-refractivity contribution < 1.29 is 13.9 Å². The molecule has 6 nitrogen and oxygen atoms in total. The molecule has 0 aliphatic heterocycles. The first-order valence-electron chi connectivity index (χ1n) is 11.1. The van der Waals surface area contributed by atoms with Crippen molar-refractivity contribution in [3.05, 3.63) is 84.9 Å². The van der Waals surface area contributed by atoms with Crippen molar-refractivity contribution in [2.45, 2.75) is 0 Å². The molecular formula is C28H21FN4O2. The van der Waals surface area contributed by atoms with E-state index >= 15 is 0 Å². The van der Waals surface area contributed by atoms with Gasteiger partial charge in [-0.25, -0.2) is 4.39 Å². The van der Waals surface area contributed by atoms with Gasteiger partial charge < -0.3 is 14.5 Å². The SMILES string of the molecule is COc1cncc(-c2ccc3[nH]nc(-c4cc5c(-c6cc(F)cc(OC)c6)cccc5[nH]4)c3c2)c1. The normalized spacial score (nSPS) is 11.3.